The molecule has 0 N–H and O–H groups in total. The van der Waals surface area contributed by atoms with Gasteiger partial charge in [-0.05, 0) is 30.5 Å². The molecular formula is C11H15ClN2O2. The number of aromatic nitrogens is 2. The van der Waals surface area contributed by atoms with Crippen LogP contribution in [0, 0.1) is 0 Å². The van der Waals surface area contributed by atoms with Gasteiger partial charge in [-0.1, -0.05) is 13.8 Å². The number of hydrogen-bond acceptors (Lipinski definition) is 4. The zero-order valence-corrected chi connectivity index (χ0v) is 10.4. The molecule has 5 heteroatoms. The largest absolute Gasteiger partial charge is 0.468 e. The van der Waals surface area contributed by atoms with Crippen molar-refractivity contribution in [2.45, 2.75) is 32.1 Å². The molecule has 0 saturated heterocycles. The number of halogens is 1. The van der Waals surface area contributed by atoms with Crippen molar-refractivity contribution in [2.75, 3.05) is 7.11 Å². The molecule has 88 valence electrons. The van der Waals surface area contributed by atoms with Gasteiger partial charge in [0.05, 0.1) is 12.8 Å². The number of carbonyl (C=O) groups excluding carboxylic acids is 1. The zero-order valence-electron chi connectivity index (χ0n) is 9.66. The van der Waals surface area contributed by atoms with E-state index in [2.05, 4.69) is 9.97 Å². The maximum absolute atomic E-state index is 11.9. The number of ether oxygens (including phenoxy) is 1. The Balaban J connectivity index is 3.25. The van der Waals surface area contributed by atoms with E-state index in [1.807, 2.05) is 13.8 Å². The third kappa shape index (κ3) is 2.16. The lowest BCUT2D eigenvalue weighted by Crippen LogP contribution is -2.36. The molecule has 1 aromatic heterocycles. The highest BCUT2D eigenvalue weighted by molar-refractivity contribution is 6.28. The zero-order chi connectivity index (χ0) is 12.2. The van der Waals surface area contributed by atoms with E-state index in [4.69, 9.17) is 16.3 Å². The molecule has 16 heavy (non-hydrogen) atoms. The quantitative estimate of drug-likeness (QED) is 0.601. The van der Waals surface area contributed by atoms with Gasteiger partial charge in [0.25, 0.3) is 0 Å². The van der Waals surface area contributed by atoms with Crippen molar-refractivity contribution < 1.29 is 9.53 Å². The minimum Gasteiger partial charge on any atom is -0.468 e. The van der Waals surface area contributed by atoms with Gasteiger partial charge in [-0.2, -0.15) is 0 Å². The lowest BCUT2D eigenvalue weighted by molar-refractivity contribution is -0.148. The second kappa shape index (κ2) is 5.25. The van der Waals surface area contributed by atoms with E-state index in [-0.39, 0.29) is 11.3 Å². The number of hydrogen-bond donors (Lipinski definition) is 0. The van der Waals surface area contributed by atoms with E-state index in [0.29, 0.717) is 18.5 Å². The van der Waals surface area contributed by atoms with Crippen LogP contribution in [0.2, 0.25) is 5.28 Å². The van der Waals surface area contributed by atoms with Crippen LogP contribution in [0.1, 0.15) is 32.4 Å². The van der Waals surface area contributed by atoms with Crippen molar-refractivity contribution in [1.82, 2.24) is 9.97 Å². The molecule has 0 bridgehead atoms. The van der Waals surface area contributed by atoms with E-state index in [9.17, 15) is 4.79 Å². The summed E-state index contributed by atoms with van der Waals surface area (Å²) in [5, 5.41) is 0.146. The number of nitrogens with zero attached hydrogens (tertiary/aromatic N) is 2. The summed E-state index contributed by atoms with van der Waals surface area (Å²) in [5.74, 6) is -0.285. The van der Waals surface area contributed by atoms with Gasteiger partial charge in [0.15, 0.2) is 0 Å². The van der Waals surface area contributed by atoms with Crippen LogP contribution < -0.4 is 0 Å². The Bertz CT molecular complexity index is 378. The molecule has 0 unspecified atom stereocenters. The van der Waals surface area contributed by atoms with Crippen LogP contribution in [0.3, 0.4) is 0 Å². The molecule has 0 amide bonds. The van der Waals surface area contributed by atoms with Gasteiger partial charge >= 0.3 is 5.97 Å². The minimum atomic E-state index is -0.721. The number of methoxy groups -OCH3 is 1. The second-order valence-corrected chi connectivity index (χ2v) is 3.83. The molecule has 0 saturated carbocycles. The highest BCUT2D eigenvalue weighted by atomic mass is 35.5. The van der Waals surface area contributed by atoms with E-state index < -0.39 is 5.41 Å². The first-order chi connectivity index (χ1) is 7.60. The van der Waals surface area contributed by atoms with E-state index in [1.165, 1.54) is 7.11 Å². The molecule has 0 atom stereocenters. The molecule has 4 nitrogen and oxygen atoms in total. The Morgan fingerprint density at radius 3 is 2.56 bits per heavy atom. The molecular weight excluding hydrogens is 228 g/mol. The Hall–Kier alpha value is -1.16. The predicted octanol–water partition coefficient (Wildman–Crippen LogP) is 2.36. The molecule has 1 heterocycles. The maximum Gasteiger partial charge on any atom is 0.317 e. The molecule has 0 aliphatic carbocycles. The summed E-state index contributed by atoms with van der Waals surface area (Å²) in [6.07, 6.45) is 2.78. The van der Waals surface area contributed by atoms with Crippen molar-refractivity contribution in [1.29, 1.82) is 0 Å². The summed E-state index contributed by atoms with van der Waals surface area (Å²) in [6, 6.07) is 1.70. The second-order valence-electron chi connectivity index (χ2n) is 3.49. The first-order valence-corrected chi connectivity index (χ1v) is 5.56. The molecule has 1 aromatic rings. The van der Waals surface area contributed by atoms with Gasteiger partial charge in [-0.3, -0.25) is 4.79 Å². The van der Waals surface area contributed by atoms with Gasteiger partial charge in [0.2, 0.25) is 5.28 Å². The normalized spacial score (nSPS) is 11.2. The standard InChI is InChI=1S/C11H15ClN2O2/c1-4-11(5-2,9(15)16-3)8-6-7-13-10(12)14-8/h6-7H,4-5H2,1-3H3. The van der Waals surface area contributed by atoms with Crippen LogP contribution in [0.25, 0.3) is 0 Å². The van der Waals surface area contributed by atoms with Crippen molar-refractivity contribution >= 4 is 17.6 Å². The SMILES string of the molecule is CCC(CC)(C(=O)OC)c1ccnc(Cl)n1. The topological polar surface area (TPSA) is 52.1 Å². The van der Waals surface area contributed by atoms with Crippen molar-refractivity contribution in [3.05, 3.63) is 23.2 Å². The van der Waals surface area contributed by atoms with Crippen molar-refractivity contribution in [3.63, 3.8) is 0 Å². The van der Waals surface area contributed by atoms with Crippen LogP contribution in [0.4, 0.5) is 0 Å². The number of rotatable bonds is 4. The third-order valence-corrected chi connectivity index (χ3v) is 3.08. The van der Waals surface area contributed by atoms with Crippen LogP contribution in [0.5, 0.6) is 0 Å². The fourth-order valence-electron chi connectivity index (χ4n) is 1.80. The number of carbonyl (C=O) groups is 1. The van der Waals surface area contributed by atoms with Crippen molar-refractivity contribution in [3.8, 4) is 0 Å². The summed E-state index contributed by atoms with van der Waals surface area (Å²) >= 11 is 5.74. The molecule has 0 spiro atoms. The van der Waals surface area contributed by atoms with Crippen LogP contribution in [-0.2, 0) is 14.9 Å². The van der Waals surface area contributed by atoms with Crippen LogP contribution in [0.15, 0.2) is 12.3 Å². The number of esters is 1. The lowest BCUT2D eigenvalue weighted by Gasteiger charge is -2.27. The predicted molar refractivity (Wildman–Crippen MR) is 61.3 cm³/mol. The average Bonchev–Trinajstić information content (AvgIpc) is 2.31. The van der Waals surface area contributed by atoms with E-state index >= 15 is 0 Å². The summed E-state index contributed by atoms with van der Waals surface area (Å²) < 4.78 is 4.85. The average molecular weight is 243 g/mol. The molecule has 0 radical (unpaired) electrons. The van der Waals surface area contributed by atoms with Gasteiger partial charge in [0, 0.05) is 6.20 Å². The molecule has 0 aliphatic heterocycles. The van der Waals surface area contributed by atoms with Crippen molar-refractivity contribution in [2.24, 2.45) is 0 Å². The molecule has 1 rings (SSSR count). The highest BCUT2D eigenvalue weighted by Crippen LogP contribution is 2.31. The summed E-state index contributed by atoms with van der Waals surface area (Å²) in [4.78, 5) is 19.8. The third-order valence-electron chi connectivity index (χ3n) is 2.90. The lowest BCUT2D eigenvalue weighted by atomic mass is 9.79. The maximum atomic E-state index is 11.9. The Morgan fingerprint density at radius 1 is 1.50 bits per heavy atom. The Kier molecular flexibility index (Phi) is 4.24. The summed E-state index contributed by atoms with van der Waals surface area (Å²) in [7, 11) is 1.38. The monoisotopic (exact) mass is 242 g/mol. The van der Waals surface area contributed by atoms with Gasteiger partial charge in [0.1, 0.15) is 5.41 Å². The minimum absolute atomic E-state index is 0.146. The fourth-order valence-corrected chi connectivity index (χ4v) is 1.95. The molecule has 0 fully saturated rings. The summed E-state index contributed by atoms with van der Waals surface area (Å²) in [6.45, 7) is 3.85. The summed E-state index contributed by atoms with van der Waals surface area (Å²) in [5.41, 5.74) is -0.106. The van der Waals surface area contributed by atoms with Gasteiger partial charge in [-0.15, -0.1) is 0 Å². The van der Waals surface area contributed by atoms with E-state index in [1.54, 1.807) is 12.3 Å². The smallest absolute Gasteiger partial charge is 0.317 e. The Morgan fingerprint density at radius 2 is 2.12 bits per heavy atom. The fraction of sp³-hybridized carbons (Fsp3) is 0.545. The Labute approximate surface area is 100 Å². The molecule has 0 aliphatic rings. The first-order valence-electron chi connectivity index (χ1n) is 5.18. The first kappa shape index (κ1) is 12.9. The van der Waals surface area contributed by atoms with Crippen LogP contribution >= 0.6 is 11.6 Å². The van der Waals surface area contributed by atoms with E-state index in [0.717, 1.165) is 0 Å². The van der Waals surface area contributed by atoms with Crippen LogP contribution in [-0.4, -0.2) is 23.0 Å². The molecule has 0 aromatic carbocycles. The van der Waals surface area contributed by atoms with Gasteiger partial charge in [-0.25, -0.2) is 9.97 Å². The van der Waals surface area contributed by atoms with Gasteiger partial charge < -0.3 is 4.74 Å². The highest BCUT2D eigenvalue weighted by Gasteiger charge is 2.39.